The highest BCUT2D eigenvalue weighted by Crippen LogP contribution is 2.26. The molecule has 0 fully saturated rings. The minimum Gasteiger partial charge on any atom is -0.333 e. The number of terminal acetylenes is 1. The van der Waals surface area contributed by atoms with Crippen molar-refractivity contribution in [3.8, 4) is 12.3 Å². The molecule has 2 rings (SSSR count). The van der Waals surface area contributed by atoms with Crippen LogP contribution in [0.1, 0.15) is 16.8 Å². The maximum atomic E-state index is 5.43. The Morgan fingerprint density at radius 1 is 1.35 bits per heavy atom. The number of rotatable bonds is 3. The number of hydrogen-bond donors (Lipinski definition) is 1. The Morgan fingerprint density at radius 2 is 2.12 bits per heavy atom. The number of aromatic nitrogens is 1. The normalized spacial score (nSPS) is 10.7. The molecule has 0 aliphatic rings. The molecular weight excluding hydrogens is 208 g/mol. The molecule has 17 heavy (non-hydrogen) atoms. The van der Waals surface area contributed by atoms with E-state index in [1.807, 2.05) is 7.05 Å². The minimum absolute atomic E-state index is 0.640. The first-order chi connectivity index (χ1) is 8.19. The fraction of sp³-hybridized carbons (Fsp3) is 0.333. The molecule has 0 atom stereocenters. The fourth-order valence-electron chi connectivity index (χ4n) is 2.31. The van der Waals surface area contributed by atoms with Crippen molar-refractivity contribution >= 4 is 10.9 Å². The van der Waals surface area contributed by atoms with Crippen LogP contribution in [0.15, 0.2) is 18.2 Å². The third kappa shape index (κ3) is 1.94. The monoisotopic (exact) mass is 226 g/mol. The molecule has 1 aromatic heterocycles. The van der Waals surface area contributed by atoms with Gasteiger partial charge in [-0.05, 0) is 44.2 Å². The molecule has 1 aromatic carbocycles. The highest BCUT2D eigenvalue weighted by atomic mass is 15.0. The van der Waals surface area contributed by atoms with E-state index < -0.39 is 0 Å². The minimum atomic E-state index is 0.640. The van der Waals surface area contributed by atoms with Crippen LogP contribution in [-0.4, -0.2) is 11.6 Å². The lowest BCUT2D eigenvalue weighted by Crippen LogP contribution is -2.04. The van der Waals surface area contributed by atoms with Crippen molar-refractivity contribution < 1.29 is 0 Å². The van der Waals surface area contributed by atoms with Crippen molar-refractivity contribution in [2.75, 3.05) is 7.05 Å². The number of nitrogens with one attached hydrogen (secondary N) is 1. The van der Waals surface area contributed by atoms with Crippen molar-refractivity contribution in [1.82, 2.24) is 9.88 Å². The molecule has 2 heteroatoms. The zero-order valence-electron chi connectivity index (χ0n) is 10.7. The summed E-state index contributed by atoms with van der Waals surface area (Å²) in [5.74, 6) is 2.72. The lowest BCUT2D eigenvalue weighted by Gasteiger charge is -2.04. The predicted octanol–water partition coefficient (Wildman–Crippen LogP) is 2.61. The van der Waals surface area contributed by atoms with Crippen molar-refractivity contribution in [3.05, 3.63) is 35.0 Å². The fourth-order valence-corrected chi connectivity index (χ4v) is 2.31. The highest BCUT2D eigenvalue weighted by Gasteiger charge is 2.10. The van der Waals surface area contributed by atoms with Gasteiger partial charge in [-0.25, -0.2) is 0 Å². The van der Waals surface area contributed by atoms with Crippen LogP contribution in [0.4, 0.5) is 0 Å². The summed E-state index contributed by atoms with van der Waals surface area (Å²) in [5.41, 5.74) is 5.13. The summed E-state index contributed by atoms with van der Waals surface area (Å²) < 4.78 is 2.20. The van der Waals surface area contributed by atoms with Crippen molar-refractivity contribution in [3.63, 3.8) is 0 Å². The summed E-state index contributed by atoms with van der Waals surface area (Å²) in [7, 11) is 1.96. The van der Waals surface area contributed by atoms with Gasteiger partial charge in [0.2, 0.25) is 0 Å². The van der Waals surface area contributed by atoms with E-state index in [9.17, 15) is 0 Å². The molecule has 1 N–H and O–H groups in total. The van der Waals surface area contributed by atoms with E-state index in [-0.39, 0.29) is 0 Å². The number of hydrogen-bond acceptors (Lipinski definition) is 1. The smallest absolute Gasteiger partial charge is 0.0837 e. The molecule has 0 saturated carbocycles. The largest absolute Gasteiger partial charge is 0.333 e. The Labute approximate surface area is 103 Å². The molecule has 2 aromatic rings. The molecule has 88 valence electrons. The molecule has 0 spiro atoms. The van der Waals surface area contributed by atoms with E-state index in [1.54, 1.807) is 0 Å². The Balaban J connectivity index is 2.64. The van der Waals surface area contributed by atoms with Gasteiger partial charge in [-0.2, -0.15) is 0 Å². The molecular formula is C15H18N2. The van der Waals surface area contributed by atoms with Gasteiger partial charge >= 0.3 is 0 Å². The van der Waals surface area contributed by atoms with Crippen LogP contribution in [0, 0.1) is 26.2 Å². The van der Waals surface area contributed by atoms with Gasteiger partial charge in [-0.3, -0.25) is 0 Å². The van der Waals surface area contributed by atoms with Gasteiger partial charge in [0.1, 0.15) is 0 Å². The Morgan fingerprint density at radius 3 is 2.76 bits per heavy atom. The first-order valence-corrected chi connectivity index (χ1v) is 5.85. The maximum absolute atomic E-state index is 5.43. The SMILES string of the molecule is C#CCn1c(C)c(C)c2cc(CNC)ccc21. The van der Waals surface area contributed by atoms with E-state index >= 15 is 0 Å². The highest BCUT2D eigenvalue weighted by molar-refractivity contribution is 5.86. The molecule has 0 unspecified atom stereocenters. The Hall–Kier alpha value is -1.72. The summed E-state index contributed by atoms with van der Waals surface area (Å²) >= 11 is 0. The summed E-state index contributed by atoms with van der Waals surface area (Å²) in [6.07, 6.45) is 5.43. The van der Waals surface area contributed by atoms with Gasteiger partial charge in [0.15, 0.2) is 0 Å². The van der Waals surface area contributed by atoms with Gasteiger partial charge in [0.05, 0.1) is 6.54 Å². The van der Waals surface area contributed by atoms with Crippen LogP contribution in [-0.2, 0) is 13.1 Å². The van der Waals surface area contributed by atoms with E-state index in [0.717, 1.165) is 6.54 Å². The van der Waals surface area contributed by atoms with E-state index in [2.05, 4.69) is 47.9 Å². The second-order valence-corrected chi connectivity index (χ2v) is 4.38. The summed E-state index contributed by atoms with van der Waals surface area (Å²) in [5, 5.41) is 4.49. The maximum Gasteiger partial charge on any atom is 0.0837 e. The summed E-state index contributed by atoms with van der Waals surface area (Å²) in [6.45, 7) is 5.83. The molecule has 0 aliphatic carbocycles. The standard InChI is InChI=1S/C15H18N2/c1-5-8-17-12(3)11(2)14-9-13(10-16-4)6-7-15(14)17/h1,6-7,9,16H,8,10H2,2-4H3. The Bertz CT molecular complexity index is 585. The van der Waals surface area contributed by atoms with Gasteiger partial charge in [0, 0.05) is 23.1 Å². The zero-order valence-corrected chi connectivity index (χ0v) is 10.7. The topological polar surface area (TPSA) is 17.0 Å². The lowest BCUT2D eigenvalue weighted by molar-refractivity contribution is 0.818. The van der Waals surface area contributed by atoms with E-state index in [4.69, 9.17) is 6.42 Å². The zero-order chi connectivity index (χ0) is 12.4. The van der Waals surface area contributed by atoms with Gasteiger partial charge in [-0.1, -0.05) is 12.0 Å². The second-order valence-electron chi connectivity index (χ2n) is 4.38. The summed E-state index contributed by atoms with van der Waals surface area (Å²) in [6, 6.07) is 6.57. The first-order valence-electron chi connectivity index (χ1n) is 5.85. The number of benzene rings is 1. The molecule has 1 heterocycles. The average Bonchev–Trinajstić information content (AvgIpc) is 2.56. The van der Waals surface area contributed by atoms with Gasteiger partial charge in [-0.15, -0.1) is 6.42 Å². The molecule has 0 saturated heterocycles. The number of aryl methyl sites for hydroxylation is 1. The van der Waals surface area contributed by atoms with Crippen molar-refractivity contribution in [1.29, 1.82) is 0 Å². The van der Waals surface area contributed by atoms with E-state index in [1.165, 1.54) is 27.7 Å². The summed E-state index contributed by atoms with van der Waals surface area (Å²) in [4.78, 5) is 0. The molecule has 2 nitrogen and oxygen atoms in total. The van der Waals surface area contributed by atoms with Crippen molar-refractivity contribution in [2.24, 2.45) is 0 Å². The van der Waals surface area contributed by atoms with E-state index in [0.29, 0.717) is 6.54 Å². The van der Waals surface area contributed by atoms with Crippen LogP contribution >= 0.6 is 0 Å². The van der Waals surface area contributed by atoms with Crippen LogP contribution in [0.25, 0.3) is 10.9 Å². The molecule has 0 bridgehead atoms. The van der Waals surface area contributed by atoms with Crippen LogP contribution in [0.2, 0.25) is 0 Å². The van der Waals surface area contributed by atoms with Crippen LogP contribution in [0.3, 0.4) is 0 Å². The van der Waals surface area contributed by atoms with Crippen LogP contribution < -0.4 is 5.32 Å². The lowest BCUT2D eigenvalue weighted by atomic mass is 10.1. The van der Waals surface area contributed by atoms with Crippen LogP contribution in [0.5, 0.6) is 0 Å². The Kier molecular flexibility index (Phi) is 3.21. The molecule has 0 radical (unpaired) electrons. The number of fused-ring (bicyclic) bond motifs is 1. The third-order valence-electron chi connectivity index (χ3n) is 3.33. The second kappa shape index (κ2) is 4.65. The van der Waals surface area contributed by atoms with Gasteiger partial charge < -0.3 is 9.88 Å². The predicted molar refractivity (Wildman–Crippen MR) is 73.0 cm³/mol. The average molecular weight is 226 g/mol. The first kappa shape index (κ1) is 11.8. The third-order valence-corrected chi connectivity index (χ3v) is 3.33. The number of nitrogens with zero attached hydrogens (tertiary/aromatic N) is 1. The van der Waals surface area contributed by atoms with Gasteiger partial charge in [0.25, 0.3) is 0 Å². The van der Waals surface area contributed by atoms with Crippen molar-refractivity contribution in [2.45, 2.75) is 26.9 Å². The quantitative estimate of drug-likeness (QED) is 0.796. The molecule has 0 amide bonds. The molecule has 0 aliphatic heterocycles.